The topological polar surface area (TPSA) is 84.2 Å². The van der Waals surface area contributed by atoms with E-state index in [0.717, 1.165) is 0 Å². The number of nitrogens with one attached hydrogen (secondary N) is 1. The van der Waals surface area contributed by atoms with Crippen LogP contribution in [0.25, 0.3) is 0 Å². The van der Waals surface area contributed by atoms with Gasteiger partial charge in [-0.2, -0.15) is 0 Å². The van der Waals surface area contributed by atoms with Gasteiger partial charge in [-0.15, -0.1) is 0 Å². The molecule has 0 aliphatic rings. The fourth-order valence-corrected chi connectivity index (χ4v) is 1.73. The van der Waals surface area contributed by atoms with E-state index in [9.17, 15) is 9.59 Å². The van der Waals surface area contributed by atoms with Crippen LogP contribution < -0.4 is 10.9 Å². The summed E-state index contributed by atoms with van der Waals surface area (Å²) in [6, 6.07) is -0.105. The second-order valence-corrected chi connectivity index (χ2v) is 5.11. The third kappa shape index (κ3) is 5.11. The fourth-order valence-electron chi connectivity index (χ4n) is 1.73. The average molecular weight is 267 g/mol. The predicted molar refractivity (Wildman–Crippen MR) is 73.3 cm³/mol. The van der Waals surface area contributed by atoms with Crippen LogP contribution >= 0.6 is 0 Å². The van der Waals surface area contributed by atoms with Gasteiger partial charge in [0.15, 0.2) is 5.82 Å². The largest absolute Gasteiger partial charge is 0.481 e. The van der Waals surface area contributed by atoms with Crippen molar-refractivity contribution in [3.05, 3.63) is 22.7 Å². The molecule has 0 saturated heterocycles. The highest BCUT2D eigenvalue weighted by Crippen LogP contribution is 2.04. The lowest BCUT2D eigenvalue weighted by Crippen LogP contribution is -2.29. The first-order valence-corrected chi connectivity index (χ1v) is 6.44. The lowest BCUT2D eigenvalue weighted by molar-refractivity contribution is -0.137. The van der Waals surface area contributed by atoms with E-state index in [1.807, 2.05) is 20.8 Å². The number of hydrogen-bond acceptors (Lipinski definition) is 4. The van der Waals surface area contributed by atoms with Crippen LogP contribution in [0.2, 0.25) is 0 Å². The molecule has 1 atom stereocenters. The minimum Gasteiger partial charge on any atom is -0.481 e. The van der Waals surface area contributed by atoms with Gasteiger partial charge in [0.25, 0.3) is 5.56 Å². The Morgan fingerprint density at radius 2 is 2.16 bits per heavy atom. The number of carboxylic acids is 1. The zero-order valence-corrected chi connectivity index (χ0v) is 11.6. The van der Waals surface area contributed by atoms with Gasteiger partial charge in [0.2, 0.25) is 0 Å². The summed E-state index contributed by atoms with van der Waals surface area (Å²) in [4.78, 5) is 26.6. The fraction of sp³-hybridized carbons (Fsp3) is 0.615. The summed E-state index contributed by atoms with van der Waals surface area (Å²) >= 11 is 0. The maximum absolute atomic E-state index is 12.1. The molecule has 0 amide bonds. The van der Waals surface area contributed by atoms with Crippen LogP contribution in [0, 0.1) is 5.92 Å². The van der Waals surface area contributed by atoms with Crippen molar-refractivity contribution in [1.29, 1.82) is 0 Å². The smallest absolute Gasteiger partial charge is 0.303 e. The Morgan fingerprint density at radius 1 is 1.47 bits per heavy atom. The van der Waals surface area contributed by atoms with E-state index in [2.05, 4.69) is 10.3 Å². The SMILES string of the molecule is CC(C)Cn1ccnc(NC(C)CCC(=O)O)c1=O. The first-order valence-electron chi connectivity index (χ1n) is 6.44. The Labute approximate surface area is 112 Å². The molecule has 1 aromatic heterocycles. The standard InChI is InChI=1S/C13H21N3O3/c1-9(2)8-16-7-6-14-12(13(16)19)15-10(3)4-5-11(17)18/h6-7,9-10H,4-5,8H2,1-3H3,(H,14,15)(H,17,18). The van der Waals surface area contributed by atoms with Crippen LogP contribution in [0.5, 0.6) is 0 Å². The molecule has 19 heavy (non-hydrogen) atoms. The summed E-state index contributed by atoms with van der Waals surface area (Å²) in [6.45, 7) is 6.55. The quantitative estimate of drug-likeness (QED) is 0.783. The molecule has 1 unspecified atom stereocenters. The number of aliphatic carboxylic acids is 1. The number of nitrogens with zero attached hydrogens (tertiary/aromatic N) is 2. The Balaban J connectivity index is 2.73. The van der Waals surface area contributed by atoms with Crippen molar-refractivity contribution < 1.29 is 9.90 Å². The average Bonchev–Trinajstić information content (AvgIpc) is 2.31. The lowest BCUT2D eigenvalue weighted by Gasteiger charge is -2.14. The predicted octanol–water partition coefficient (Wildman–Crippen LogP) is 1.56. The van der Waals surface area contributed by atoms with Crippen molar-refractivity contribution in [2.45, 2.75) is 46.2 Å². The molecule has 0 saturated carbocycles. The third-order valence-corrected chi connectivity index (χ3v) is 2.65. The van der Waals surface area contributed by atoms with E-state index in [-0.39, 0.29) is 23.8 Å². The number of carboxylic acid groups (broad SMARTS) is 1. The Morgan fingerprint density at radius 3 is 2.74 bits per heavy atom. The molecule has 1 aromatic rings. The van der Waals surface area contributed by atoms with Crippen molar-refractivity contribution in [3.63, 3.8) is 0 Å². The van der Waals surface area contributed by atoms with Gasteiger partial charge in [-0.25, -0.2) is 4.98 Å². The summed E-state index contributed by atoms with van der Waals surface area (Å²) in [5.74, 6) is -0.190. The second kappa shape index (κ2) is 6.92. The number of carbonyl (C=O) groups is 1. The normalized spacial score (nSPS) is 12.4. The van der Waals surface area contributed by atoms with Crippen molar-refractivity contribution in [3.8, 4) is 0 Å². The number of hydrogen-bond donors (Lipinski definition) is 2. The van der Waals surface area contributed by atoms with Crippen LogP contribution in [0.1, 0.15) is 33.6 Å². The summed E-state index contributed by atoms with van der Waals surface area (Å²) in [5.41, 5.74) is -0.168. The molecule has 6 heteroatoms. The number of rotatable bonds is 7. The van der Waals surface area contributed by atoms with E-state index < -0.39 is 5.97 Å². The zero-order valence-electron chi connectivity index (χ0n) is 11.6. The van der Waals surface area contributed by atoms with Crippen molar-refractivity contribution in [2.24, 2.45) is 5.92 Å². The molecule has 0 bridgehead atoms. The molecular weight excluding hydrogens is 246 g/mol. The number of anilines is 1. The van der Waals surface area contributed by atoms with Gasteiger partial charge in [-0.1, -0.05) is 13.8 Å². The molecule has 0 fully saturated rings. The molecule has 0 aliphatic heterocycles. The maximum Gasteiger partial charge on any atom is 0.303 e. The molecule has 2 N–H and O–H groups in total. The highest BCUT2D eigenvalue weighted by atomic mass is 16.4. The monoisotopic (exact) mass is 267 g/mol. The van der Waals surface area contributed by atoms with Crippen LogP contribution in [-0.2, 0) is 11.3 Å². The van der Waals surface area contributed by atoms with Crippen molar-refractivity contribution in [1.82, 2.24) is 9.55 Å². The van der Waals surface area contributed by atoms with Gasteiger partial charge in [0.05, 0.1) is 0 Å². The summed E-state index contributed by atoms with van der Waals surface area (Å²) < 4.78 is 1.61. The van der Waals surface area contributed by atoms with Crippen LogP contribution in [0.15, 0.2) is 17.2 Å². The van der Waals surface area contributed by atoms with Gasteiger partial charge in [-0.05, 0) is 19.3 Å². The first-order chi connectivity index (χ1) is 8.90. The van der Waals surface area contributed by atoms with E-state index in [0.29, 0.717) is 18.9 Å². The minimum absolute atomic E-state index is 0.0706. The van der Waals surface area contributed by atoms with Gasteiger partial charge in [0.1, 0.15) is 0 Å². The molecule has 0 aliphatic carbocycles. The Hall–Kier alpha value is -1.85. The van der Waals surface area contributed by atoms with E-state index in [1.165, 1.54) is 0 Å². The maximum atomic E-state index is 12.1. The van der Waals surface area contributed by atoms with Gasteiger partial charge in [-0.3, -0.25) is 9.59 Å². The molecule has 0 spiro atoms. The Kier molecular flexibility index (Phi) is 5.54. The molecule has 0 radical (unpaired) electrons. The Bertz CT molecular complexity index is 482. The van der Waals surface area contributed by atoms with Crippen molar-refractivity contribution >= 4 is 11.8 Å². The van der Waals surface area contributed by atoms with Gasteiger partial charge in [0, 0.05) is 31.4 Å². The minimum atomic E-state index is -0.841. The van der Waals surface area contributed by atoms with Crippen molar-refractivity contribution in [2.75, 3.05) is 5.32 Å². The molecular formula is C13H21N3O3. The van der Waals surface area contributed by atoms with Crippen LogP contribution in [0.4, 0.5) is 5.82 Å². The number of aromatic nitrogens is 2. The first kappa shape index (κ1) is 15.2. The molecule has 1 rings (SSSR count). The third-order valence-electron chi connectivity index (χ3n) is 2.65. The van der Waals surface area contributed by atoms with Gasteiger partial charge >= 0.3 is 5.97 Å². The summed E-state index contributed by atoms with van der Waals surface area (Å²) in [6.07, 6.45) is 3.77. The highest BCUT2D eigenvalue weighted by molar-refractivity contribution is 5.66. The summed E-state index contributed by atoms with van der Waals surface area (Å²) in [7, 11) is 0. The molecule has 0 aromatic carbocycles. The summed E-state index contributed by atoms with van der Waals surface area (Å²) in [5, 5.41) is 11.6. The van der Waals surface area contributed by atoms with E-state index in [1.54, 1.807) is 17.0 Å². The van der Waals surface area contributed by atoms with E-state index >= 15 is 0 Å². The van der Waals surface area contributed by atoms with Crippen LogP contribution in [-0.4, -0.2) is 26.7 Å². The molecule has 106 valence electrons. The second-order valence-electron chi connectivity index (χ2n) is 5.11. The van der Waals surface area contributed by atoms with Crippen LogP contribution in [0.3, 0.4) is 0 Å². The van der Waals surface area contributed by atoms with Gasteiger partial charge < -0.3 is 15.0 Å². The highest BCUT2D eigenvalue weighted by Gasteiger charge is 2.10. The lowest BCUT2D eigenvalue weighted by atomic mass is 10.2. The van der Waals surface area contributed by atoms with E-state index in [4.69, 9.17) is 5.11 Å². The molecule has 1 heterocycles. The molecule has 6 nitrogen and oxygen atoms in total. The zero-order chi connectivity index (χ0) is 14.4.